The Balaban J connectivity index is 2.08. The van der Waals surface area contributed by atoms with Crippen molar-refractivity contribution in [1.82, 2.24) is 10.2 Å². The van der Waals surface area contributed by atoms with Crippen LogP contribution in [0.5, 0.6) is 0 Å². The van der Waals surface area contributed by atoms with Gasteiger partial charge in [-0.1, -0.05) is 13.3 Å². The Hall–Kier alpha value is -1.10. The summed E-state index contributed by atoms with van der Waals surface area (Å²) < 4.78 is 0. The van der Waals surface area contributed by atoms with Gasteiger partial charge in [0.25, 0.3) is 0 Å². The van der Waals surface area contributed by atoms with E-state index in [1.165, 1.54) is 0 Å². The van der Waals surface area contributed by atoms with Crippen LogP contribution in [-0.2, 0) is 9.59 Å². The molecule has 2 rings (SSSR count). The largest absolute Gasteiger partial charge is 0.368 e. The number of nitrogens with zero attached hydrogens (tertiary/aromatic N) is 1. The molecule has 5 nitrogen and oxygen atoms in total. The lowest BCUT2D eigenvalue weighted by Gasteiger charge is -2.36. The third kappa shape index (κ3) is 2.44. The van der Waals surface area contributed by atoms with E-state index in [4.69, 9.17) is 5.73 Å². The number of piperazine rings is 1. The van der Waals surface area contributed by atoms with Crippen LogP contribution < -0.4 is 11.1 Å². The Labute approximate surface area is 102 Å². The summed E-state index contributed by atoms with van der Waals surface area (Å²) in [5, 5.41) is 3.11. The summed E-state index contributed by atoms with van der Waals surface area (Å²) in [4.78, 5) is 25.5. The van der Waals surface area contributed by atoms with Gasteiger partial charge < -0.3 is 16.0 Å². The Bertz CT molecular complexity index is 319. The highest BCUT2D eigenvalue weighted by molar-refractivity contribution is 5.88. The molecule has 2 aliphatic rings. The van der Waals surface area contributed by atoms with E-state index in [0.717, 1.165) is 25.8 Å². The first-order valence-corrected chi connectivity index (χ1v) is 6.41. The minimum atomic E-state index is -0.468. The third-order valence-electron chi connectivity index (χ3n) is 4.03. The summed E-state index contributed by atoms with van der Waals surface area (Å²) in [6.45, 7) is 3.95. The first-order chi connectivity index (χ1) is 8.11. The molecule has 5 heteroatoms. The van der Waals surface area contributed by atoms with E-state index in [9.17, 15) is 9.59 Å². The van der Waals surface area contributed by atoms with E-state index >= 15 is 0 Å². The van der Waals surface area contributed by atoms with Crippen molar-refractivity contribution >= 4 is 11.8 Å². The van der Waals surface area contributed by atoms with Gasteiger partial charge in [0.1, 0.15) is 6.04 Å². The van der Waals surface area contributed by atoms with E-state index in [1.54, 1.807) is 4.90 Å². The van der Waals surface area contributed by atoms with Gasteiger partial charge in [-0.2, -0.15) is 0 Å². The van der Waals surface area contributed by atoms with Crippen LogP contribution in [0.2, 0.25) is 0 Å². The smallest absolute Gasteiger partial charge is 0.241 e. The van der Waals surface area contributed by atoms with Crippen LogP contribution in [0.15, 0.2) is 0 Å². The van der Waals surface area contributed by atoms with Crippen molar-refractivity contribution in [3.05, 3.63) is 0 Å². The van der Waals surface area contributed by atoms with Crippen LogP contribution in [0, 0.1) is 11.8 Å². The Morgan fingerprint density at radius 1 is 1.35 bits per heavy atom. The molecule has 17 heavy (non-hydrogen) atoms. The number of amides is 2. The molecule has 0 spiro atoms. The lowest BCUT2D eigenvalue weighted by molar-refractivity contribution is -0.144. The average Bonchev–Trinajstić information content (AvgIpc) is 2.74. The molecule has 3 atom stereocenters. The number of rotatable bonds is 2. The molecular formula is C12H21N3O2. The third-order valence-corrected chi connectivity index (χ3v) is 4.03. The molecule has 0 aromatic carbocycles. The summed E-state index contributed by atoms with van der Waals surface area (Å²) in [5.74, 6) is 0.248. The van der Waals surface area contributed by atoms with E-state index in [2.05, 4.69) is 12.2 Å². The van der Waals surface area contributed by atoms with Crippen LogP contribution in [0.25, 0.3) is 0 Å². The molecule has 1 aliphatic carbocycles. The van der Waals surface area contributed by atoms with Crippen molar-refractivity contribution in [3.63, 3.8) is 0 Å². The van der Waals surface area contributed by atoms with Crippen molar-refractivity contribution in [2.45, 2.75) is 32.2 Å². The highest BCUT2D eigenvalue weighted by Crippen LogP contribution is 2.33. The first-order valence-electron chi connectivity index (χ1n) is 6.41. The molecule has 0 bridgehead atoms. The second-order valence-corrected chi connectivity index (χ2v) is 5.17. The maximum Gasteiger partial charge on any atom is 0.241 e. The van der Waals surface area contributed by atoms with Gasteiger partial charge in [0, 0.05) is 25.6 Å². The van der Waals surface area contributed by atoms with Crippen LogP contribution in [0.3, 0.4) is 0 Å². The maximum absolute atomic E-state index is 12.4. The van der Waals surface area contributed by atoms with Crippen molar-refractivity contribution in [2.75, 3.05) is 19.6 Å². The van der Waals surface area contributed by atoms with E-state index in [-0.39, 0.29) is 11.8 Å². The Morgan fingerprint density at radius 2 is 2.12 bits per heavy atom. The summed E-state index contributed by atoms with van der Waals surface area (Å²) in [7, 11) is 0. The van der Waals surface area contributed by atoms with E-state index in [0.29, 0.717) is 19.0 Å². The summed E-state index contributed by atoms with van der Waals surface area (Å²) in [6, 6.07) is -0.468. The molecule has 2 fully saturated rings. The second kappa shape index (κ2) is 5.04. The molecule has 1 aliphatic heterocycles. The zero-order valence-electron chi connectivity index (χ0n) is 10.3. The Morgan fingerprint density at radius 3 is 2.71 bits per heavy atom. The van der Waals surface area contributed by atoms with Gasteiger partial charge in [-0.25, -0.2) is 0 Å². The number of hydrogen-bond acceptors (Lipinski definition) is 3. The standard InChI is InChI=1S/C12H21N3O2/c1-8-3-2-4-9(8)12(17)15-6-5-14-7-10(15)11(13)16/h8-10,14H,2-7H2,1H3,(H2,13,16). The molecule has 1 saturated carbocycles. The summed E-state index contributed by atoms with van der Waals surface area (Å²) in [6.07, 6.45) is 3.18. The number of nitrogens with one attached hydrogen (secondary N) is 1. The molecule has 3 unspecified atom stereocenters. The van der Waals surface area contributed by atoms with Gasteiger partial charge >= 0.3 is 0 Å². The normalized spacial score (nSPS) is 33.7. The molecule has 96 valence electrons. The first kappa shape index (κ1) is 12.4. The molecule has 0 aromatic rings. The quantitative estimate of drug-likeness (QED) is 0.695. The van der Waals surface area contributed by atoms with Gasteiger partial charge in [-0.15, -0.1) is 0 Å². The number of carbonyl (C=O) groups is 2. The van der Waals surface area contributed by atoms with Crippen molar-refractivity contribution in [3.8, 4) is 0 Å². The van der Waals surface area contributed by atoms with Gasteiger partial charge in [0.15, 0.2) is 0 Å². The lowest BCUT2D eigenvalue weighted by atomic mass is 9.95. The molecule has 3 N–H and O–H groups in total. The monoisotopic (exact) mass is 239 g/mol. The lowest BCUT2D eigenvalue weighted by Crippen LogP contribution is -2.60. The van der Waals surface area contributed by atoms with Gasteiger partial charge in [0.2, 0.25) is 11.8 Å². The fourth-order valence-electron chi connectivity index (χ4n) is 2.95. The Kier molecular flexibility index (Phi) is 3.66. The summed E-state index contributed by atoms with van der Waals surface area (Å²) in [5.41, 5.74) is 5.36. The predicted octanol–water partition coefficient (Wildman–Crippen LogP) is -0.292. The predicted molar refractivity (Wildman–Crippen MR) is 64.1 cm³/mol. The fraction of sp³-hybridized carbons (Fsp3) is 0.833. The maximum atomic E-state index is 12.4. The number of carbonyl (C=O) groups excluding carboxylic acids is 2. The zero-order valence-corrected chi connectivity index (χ0v) is 10.3. The summed E-state index contributed by atoms with van der Waals surface area (Å²) >= 11 is 0. The molecule has 2 amide bonds. The number of hydrogen-bond donors (Lipinski definition) is 2. The van der Waals surface area contributed by atoms with Crippen LogP contribution in [-0.4, -0.2) is 42.4 Å². The number of primary amides is 1. The molecule has 0 radical (unpaired) electrons. The molecule has 1 heterocycles. The van der Waals surface area contributed by atoms with Crippen LogP contribution >= 0.6 is 0 Å². The van der Waals surface area contributed by atoms with Gasteiger partial charge in [0.05, 0.1) is 0 Å². The van der Waals surface area contributed by atoms with E-state index in [1.807, 2.05) is 0 Å². The molecule has 0 aromatic heterocycles. The van der Waals surface area contributed by atoms with E-state index < -0.39 is 11.9 Å². The van der Waals surface area contributed by atoms with Crippen molar-refractivity contribution in [1.29, 1.82) is 0 Å². The van der Waals surface area contributed by atoms with Crippen LogP contribution in [0.1, 0.15) is 26.2 Å². The topological polar surface area (TPSA) is 75.4 Å². The van der Waals surface area contributed by atoms with Crippen molar-refractivity contribution < 1.29 is 9.59 Å². The minimum absolute atomic E-state index is 0.0925. The van der Waals surface area contributed by atoms with Crippen molar-refractivity contribution in [2.24, 2.45) is 17.6 Å². The van der Waals surface area contributed by atoms with Gasteiger partial charge in [-0.3, -0.25) is 9.59 Å². The zero-order chi connectivity index (χ0) is 12.4. The highest BCUT2D eigenvalue weighted by Gasteiger charge is 2.38. The fourth-order valence-corrected chi connectivity index (χ4v) is 2.95. The minimum Gasteiger partial charge on any atom is -0.368 e. The number of nitrogens with two attached hydrogens (primary N) is 1. The van der Waals surface area contributed by atoms with Gasteiger partial charge in [-0.05, 0) is 18.8 Å². The SMILES string of the molecule is CC1CCCC1C(=O)N1CCNCC1C(N)=O. The second-order valence-electron chi connectivity index (χ2n) is 5.17. The molecular weight excluding hydrogens is 218 g/mol. The highest BCUT2D eigenvalue weighted by atomic mass is 16.2. The molecule has 1 saturated heterocycles. The van der Waals surface area contributed by atoms with Crippen LogP contribution in [0.4, 0.5) is 0 Å². The average molecular weight is 239 g/mol.